The van der Waals surface area contributed by atoms with Gasteiger partial charge < -0.3 is 10.1 Å². The number of methoxy groups -OCH3 is 1. The van der Waals surface area contributed by atoms with E-state index < -0.39 is 6.04 Å². The van der Waals surface area contributed by atoms with Crippen molar-refractivity contribution in [1.29, 1.82) is 0 Å². The van der Waals surface area contributed by atoms with Crippen molar-refractivity contribution in [3.63, 3.8) is 0 Å². The van der Waals surface area contributed by atoms with Gasteiger partial charge in [0.25, 0.3) is 0 Å². The number of nitrogens with one attached hydrogen (secondary N) is 1. The third-order valence-electron chi connectivity index (χ3n) is 4.69. The molecule has 1 aromatic rings. The highest BCUT2D eigenvalue weighted by Crippen LogP contribution is 2.24. The maximum Gasteiger partial charge on any atom is 0.327 e. The molecule has 25 heavy (non-hydrogen) atoms. The Kier molecular flexibility index (Phi) is 5.65. The molecule has 0 radical (unpaired) electrons. The van der Waals surface area contributed by atoms with Crippen molar-refractivity contribution in [1.82, 2.24) is 15.1 Å². The first-order chi connectivity index (χ1) is 12.1. The van der Waals surface area contributed by atoms with Crippen LogP contribution in [0.3, 0.4) is 0 Å². The molecule has 1 saturated heterocycles. The van der Waals surface area contributed by atoms with E-state index in [1.165, 1.54) is 19.2 Å². The lowest BCUT2D eigenvalue weighted by atomic mass is 10.0. The van der Waals surface area contributed by atoms with E-state index in [2.05, 4.69) is 10.2 Å². The van der Waals surface area contributed by atoms with Gasteiger partial charge in [0, 0.05) is 32.2 Å². The second-order valence-corrected chi connectivity index (χ2v) is 6.63. The van der Waals surface area contributed by atoms with Gasteiger partial charge >= 0.3 is 5.97 Å². The molecule has 3 rings (SSSR count). The molecule has 6 nitrogen and oxygen atoms in total. The molecule has 2 aliphatic rings. The molecule has 1 aromatic carbocycles. The highest BCUT2D eigenvalue weighted by atomic mass is 19.1. The maximum absolute atomic E-state index is 13.2. The zero-order chi connectivity index (χ0) is 17.8. The predicted octanol–water partition coefficient (Wildman–Crippen LogP) is 0.936. The van der Waals surface area contributed by atoms with Crippen molar-refractivity contribution in [2.45, 2.75) is 24.9 Å². The van der Waals surface area contributed by atoms with Gasteiger partial charge in [-0.25, -0.2) is 9.18 Å². The Morgan fingerprint density at radius 1 is 1.20 bits per heavy atom. The standard InChI is InChI=1S/C18H24FN3O3/c1-25-18(24)17(13-2-4-14(19)5-3-13)22-10-8-21(9-11-22)12-16(23)20-15-6-7-15/h2-5,15,17H,6-12H2,1H3,(H,20,23)/t17-/m1/s1. The molecular formula is C18H24FN3O3. The summed E-state index contributed by atoms with van der Waals surface area (Å²) < 4.78 is 18.1. The van der Waals surface area contributed by atoms with Crippen molar-refractivity contribution in [3.8, 4) is 0 Å². The molecular weight excluding hydrogens is 325 g/mol. The number of benzene rings is 1. The Labute approximate surface area is 146 Å². The fraction of sp³-hybridized carbons (Fsp3) is 0.556. The van der Waals surface area contributed by atoms with Crippen LogP contribution >= 0.6 is 0 Å². The van der Waals surface area contributed by atoms with Crippen molar-refractivity contribution in [2.75, 3.05) is 39.8 Å². The summed E-state index contributed by atoms with van der Waals surface area (Å²) in [5, 5.41) is 2.99. The summed E-state index contributed by atoms with van der Waals surface area (Å²) in [4.78, 5) is 28.3. The SMILES string of the molecule is COC(=O)[C@@H](c1ccc(F)cc1)N1CCN(CC(=O)NC2CC2)CC1. The number of esters is 1. The molecule has 0 unspecified atom stereocenters. The summed E-state index contributed by atoms with van der Waals surface area (Å²) in [7, 11) is 1.36. The molecule has 1 aliphatic heterocycles. The summed E-state index contributed by atoms with van der Waals surface area (Å²) in [5.74, 6) is -0.621. The molecule has 1 heterocycles. The number of carbonyl (C=O) groups excluding carboxylic acids is 2. The number of piperazine rings is 1. The van der Waals surface area contributed by atoms with Crippen LogP contribution in [0.5, 0.6) is 0 Å². The normalized spacial score (nSPS) is 20.1. The van der Waals surface area contributed by atoms with E-state index in [1.807, 2.05) is 4.90 Å². The van der Waals surface area contributed by atoms with Crippen LogP contribution in [0, 0.1) is 5.82 Å². The lowest BCUT2D eigenvalue weighted by molar-refractivity contribution is -0.148. The molecule has 2 fully saturated rings. The molecule has 1 saturated carbocycles. The first-order valence-corrected chi connectivity index (χ1v) is 8.66. The number of carbonyl (C=O) groups is 2. The molecule has 1 aliphatic carbocycles. The number of rotatable bonds is 6. The van der Waals surface area contributed by atoms with E-state index in [9.17, 15) is 14.0 Å². The number of hydrogen-bond acceptors (Lipinski definition) is 5. The Balaban J connectivity index is 1.58. The van der Waals surface area contributed by atoms with E-state index >= 15 is 0 Å². The predicted molar refractivity (Wildman–Crippen MR) is 90.3 cm³/mol. The van der Waals surface area contributed by atoms with Crippen LogP contribution in [0.4, 0.5) is 4.39 Å². The second-order valence-electron chi connectivity index (χ2n) is 6.63. The lowest BCUT2D eigenvalue weighted by Crippen LogP contribution is -2.51. The van der Waals surface area contributed by atoms with Gasteiger partial charge in [-0.2, -0.15) is 0 Å². The van der Waals surface area contributed by atoms with Crippen LogP contribution in [0.15, 0.2) is 24.3 Å². The van der Waals surface area contributed by atoms with E-state index in [0.717, 1.165) is 12.8 Å². The minimum Gasteiger partial charge on any atom is -0.468 e. The third-order valence-corrected chi connectivity index (χ3v) is 4.69. The number of ether oxygens (including phenoxy) is 1. The molecule has 7 heteroatoms. The molecule has 0 spiro atoms. The molecule has 1 amide bonds. The molecule has 0 aromatic heterocycles. The Bertz CT molecular complexity index is 610. The molecule has 1 N–H and O–H groups in total. The van der Waals surface area contributed by atoms with Crippen molar-refractivity contribution >= 4 is 11.9 Å². The third kappa shape index (κ3) is 4.76. The van der Waals surface area contributed by atoms with E-state index in [1.54, 1.807) is 12.1 Å². The van der Waals surface area contributed by atoms with Crippen LogP contribution in [0.1, 0.15) is 24.4 Å². The van der Waals surface area contributed by atoms with Crippen LogP contribution < -0.4 is 5.32 Å². The average molecular weight is 349 g/mol. The maximum atomic E-state index is 13.2. The Morgan fingerprint density at radius 3 is 2.40 bits per heavy atom. The van der Waals surface area contributed by atoms with Gasteiger partial charge in [-0.05, 0) is 30.5 Å². The topological polar surface area (TPSA) is 61.9 Å². The zero-order valence-electron chi connectivity index (χ0n) is 14.4. The fourth-order valence-corrected chi connectivity index (χ4v) is 3.14. The van der Waals surface area contributed by atoms with Crippen LogP contribution in [-0.2, 0) is 14.3 Å². The minimum absolute atomic E-state index is 0.0685. The van der Waals surface area contributed by atoms with Gasteiger partial charge in [0.05, 0.1) is 13.7 Å². The number of amides is 1. The van der Waals surface area contributed by atoms with Gasteiger partial charge in [-0.15, -0.1) is 0 Å². The van der Waals surface area contributed by atoms with Crippen molar-refractivity contribution in [3.05, 3.63) is 35.6 Å². The molecule has 1 atom stereocenters. The summed E-state index contributed by atoms with van der Waals surface area (Å²) in [6.07, 6.45) is 2.16. The quantitative estimate of drug-likeness (QED) is 0.775. The summed E-state index contributed by atoms with van der Waals surface area (Å²) in [5.41, 5.74) is 0.716. The number of hydrogen-bond donors (Lipinski definition) is 1. The highest BCUT2D eigenvalue weighted by molar-refractivity contribution is 5.79. The van der Waals surface area contributed by atoms with Crippen molar-refractivity contribution < 1.29 is 18.7 Å². The van der Waals surface area contributed by atoms with Gasteiger partial charge in [0.15, 0.2) is 0 Å². The van der Waals surface area contributed by atoms with Gasteiger partial charge in [-0.1, -0.05) is 12.1 Å². The monoisotopic (exact) mass is 349 g/mol. The van der Waals surface area contributed by atoms with Crippen LogP contribution in [0.2, 0.25) is 0 Å². The molecule has 136 valence electrons. The first-order valence-electron chi connectivity index (χ1n) is 8.66. The second kappa shape index (κ2) is 7.93. The Hall–Kier alpha value is -1.99. The summed E-state index contributed by atoms with van der Waals surface area (Å²) >= 11 is 0. The fourth-order valence-electron chi connectivity index (χ4n) is 3.14. The van der Waals surface area contributed by atoms with Gasteiger partial charge in [-0.3, -0.25) is 14.6 Å². The van der Waals surface area contributed by atoms with Gasteiger partial charge in [0.2, 0.25) is 5.91 Å². The highest BCUT2D eigenvalue weighted by Gasteiger charge is 2.32. The van der Waals surface area contributed by atoms with E-state index in [4.69, 9.17) is 4.74 Å². The average Bonchev–Trinajstić information content (AvgIpc) is 3.42. The van der Waals surface area contributed by atoms with Crippen LogP contribution in [0.25, 0.3) is 0 Å². The number of nitrogens with zero attached hydrogens (tertiary/aromatic N) is 2. The minimum atomic E-state index is -0.548. The van der Waals surface area contributed by atoms with E-state index in [0.29, 0.717) is 44.3 Å². The summed E-state index contributed by atoms with van der Waals surface area (Å²) in [6.45, 7) is 3.09. The largest absolute Gasteiger partial charge is 0.468 e. The number of halogens is 1. The smallest absolute Gasteiger partial charge is 0.327 e. The van der Waals surface area contributed by atoms with Gasteiger partial charge in [0.1, 0.15) is 11.9 Å². The first kappa shape index (κ1) is 17.8. The lowest BCUT2D eigenvalue weighted by Gasteiger charge is -2.38. The zero-order valence-corrected chi connectivity index (χ0v) is 14.4. The van der Waals surface area contributed by atoms with Crippen LogP contribution in [-0.4, -0.2) is 67.6 Å². The Morgan fingerprint density at radius 2 is 1.84 bits per heavy atom. The van der Waals surface area contributed by atoms with E-state index in [-0.39, 0.29) is 17.7 Å². The summed E-state index contributed by atoms with van der Waals surface area (Å²) in [6, 6.07) is 5.76. The van der Waals surface area contributed by atoms with Crippen molar-refractivity contribution in [2.24, 2.45) is 0 Å². The molecule has 0 bridgehead atoms.